The maximum atomic E-state index is 12.2. The van der Waals surface area contributed by atoms with Crippen molar-refractivity contribution in [2.24, 2.45) is 0 Å². The lowest BCUT2D eigenvalue weighted by Gasteiger charge is -2.17. The normalized spacial score (nSPS) is 9.68. The highest BCUT2D eigenvalue weighted by Gasteiger charge is 2.11. The number of nitriles is 1. The van der Waals surface area contributed by atoms with Crippen molar-refractivity contribution in [2.75, 3.05) is 7.05 Å². The number of hydrogen-bond acceptors (Lipinski definition) is 3. The Bertz CT molecular complexity index is 600. The molecule has 0 unspecified atom stereocenters. The summed E-state index contributed by atoms with van der Waals surface area (Å²) in [6, 6.07) is 12.4. The van der Waals surface area contributed by atoms with Gasteiger partial charge in [-0.3, -0.25) is 9.78 Å². The highest BCUT2D eigenvalue weighted by Crippen LogP contribution is 2.09. The van der Waals surface area contributed by atoms with Crippen LogP contribution in [0.5, 0.6) is 0 Å². The van der Waals surface area contributed by atoms with E-state index in [1.54, 1.807) is 48.6 Å². The summed E-state index contributed by atoms with van der Waals surface area (Å²) < 4.78 is 0. The molecule has 0 bridgehead atoms. The van der Waals surface area contributed by atoms with Gasteiger partial charge in [-0.2, -0.15) is 5.26 Å². The van der Waals surface area contributed by atoms with Crippen LogP contribution >= 0.6 is 0 Å². The van der Waals surface area contributed by atoms with Gasteiger partial charge in [0, 0.05) is 31.5 Å². The van der Waals surface area contributed by atoms with Crippen LogP contribution in [-0.4, -0.2) is 22.8 Å². The van der Waals surface area contributed by atoms with Crippen molar-refractivity contribution in [3.8, 4) is 6.07 Å². The molecule has 1 aromatic carbocycles. The Morgan fingerprint density at radius 1 is 1.32 bits per heavy atom. The first kappa shape index (κ1) is 12.8. The van der Waals surface area contributed by atoms with E-state index >= 15 is 0 Å². The second-order valence-electron chi connectivity index (χ2n) is 4.21. The quantitative estimate of drug-likeness (QED) is 0.840. The fourth-order valence-electron chi connectivity index (χ4n) is 1.75. The SMILES string of the molecule is CN(Cc1cccnc1)C(=O)c1ccc(C#N)cc1. The molecular weight excluding hydrogens is 238 g/mol. The molecule has 0 aliphatic rings. The van der Waals surface area contributed by atoms with E-state index in [2.05, 4.69) is 4.98 Å². The number of benzene rings is 1. The summed E-state index contributed by atoms with van der Waals surface area (Å²) in [6.07, 6.45) is 3.44. The zero-order valence-corrected chi connectivity index (χ0v) is 10.6. The molecule has 0 aliphatic carbocycles. The summed E-state index contributed by atoms with van der Waals surface area (Å²) in [5.41, 5.74) is 2.10. The van der Waals surface area contributed by atoms with Crippen LogP contribution in [0.25, 0.3) is 0 Å². The monoisotopic (exact) mass is 251 g/mol. The van der Waals surface area contributed by atoms with E-state index in [9.17, 15) is 4.79 Å². The number of aromatic nitrogens is 1. The Morgan fingerprint density at radius 2 is 2.05 bits per heavy atom. The Hall–Kier alpha value is -2.67. The van der Waals surface area contributed by atoms with E-state index in [1.807, 2.05) is 18.2 Å². The van der Waals surface area contributed by atoms with Crippen LogP contribution in [0.4, 0.5) is 0 Å². The summed E-state index contributed by atoms with van der Waals surface area (Å²) in [6.45, 7) is 0.507. The predicted molar refractivity (Wildman–Crippen MR) is 71.2 cm³/mol. The van der Waals surface area contributed by atoms with Crippen LogP contribution in [0.3, 0.4) is 0 Å². The molecule has 19 heavy (non-hydrogen) atoms. The minimum absolute atomic E-state index is 0.0756. The fraction of sp³-hybridized carbons (Fsp3) is 0.133. The Balaban J connectivity index is 2.08. The standard InChI is InChI=1S/C15H13N3O/c1-18(11-13-3-2-8-17-10-13)15(19)14-6-4-12(9-16)5-7-14/h2-8,10H,11H2,1H3. The molecule has 94 valence electrons. The average molecular weight is 251 g/mol. The number of carbonyl (C=O) groups is 1. The average Bonchev–Trinajstić information content (AvgIpc) is 2.47. The molecule has 1 amide bonds. The molecule has 4 nitrogen and oxygen atoms in total. The largest absolute Gasteiger partial charge is 0.337 e. The molecule has 1 aromatic heterocycles. The number of rotatable bonds is 3. The lowest BCUT2D eigenvalue weighted by molar-refractivity contribution is 0.0785. The molecule has 2 rings (SSSR count). The van der Waals surface area contributed by atoms with Gasteiger partial charge in [-0.25, -0.2) is 0 Å². The zero-order chi connectivity index (χ0) is 13.7. The first-order chi connectivity index (χ1) is 9.20. The van der Waals surface area contributed by atoms with Gasteiger partial charge in [0.1, 0.15) is 0 Å². The smallest absolute Gasteiger partial charge is 0.253 e. The lowest BCUT2D eigenvalue weighted by atomic mass is 10.1. The van der Waals surface area contributed by atoms with E-state index in [4.69, 9.17) is 5.26 Å². The molecule has 0 aliphatic heterocycles. The van der Waals surface area contributed by atoms with Crippen LogP contribution in [0, 0.1) is 11.3 Å². The van der Waals surface area contributed by atoms with Gasteiger partial charge in [0.15, 0.2) is 0 Å². The lowest BCUT2D eigenvalue weighted by Crippen LogP contribution is -2.26. The highest BCUT2D eigenvalue weighted by atomic mass is 16.2. The van der Waals surface area contributed by atoms with Crippen LogP contribution in [0.15, 0.2) is 48.8 Å². The third kappa shape index (κ3) is 3.17. The molecule has 0 atom stereocenters. The molecule has 0 spiro atoms. The van der Waals surface area contributed by atoms with Gasteiger partial charge in [0.2, 0.25) is 0 Å². The fourth-order valence-corrected chi connectivity index (χ4v) is 1.75. The Morgan fingerprint density at radius 3 is 2.63 bits per heavy atom. The van der Waals surface area contributed by atoms with Crippen LogP contribution in [0.2, 0.25) is 0 Å². The second-order valence-corrected chi connectivity index (χ2v) is 4.21. The maximum absolute atomic E-state index is 12.2. The summed E-state index contributed by atoms with van der Waals surface area (Å²) in [7, 11) is 1.74. The van der Waals surface area contributed by atoms with E-state index in [-0.39, 0.29) is 5.91 Å². The van der Waals surface area contributed by atoms with Gasteiger partial charge in [0.05, 0.1) is 11.6 Å². The molecule has 1 heterocycles. The topological polar surface area (TPSA) is 57.0 Å². The molecular formula is C15H13N3O. The van der Waals surface area contributed by atoms with Gasteiger partial charge in [0.25, 0.3) is 5.91 Å². The molecule has 0 fully saturated rings. The van der Waals surface area contributed by atoms with Gasteiger partial charge in [-0.15, -0.1) is 0 Å². The minimum atomic E-state index is -0.0756. The molecule has 0 saturated heterocycles. The molecule has 0 N–H and O–H groups in total. The van der Waals surface area contributed by atoms with Crippen molar-refractivity contribution in [2.45, 2.75) is 6.54 Å². The van der Waals surface area contributed by atoms with Crippen molar-refractivity contribution in [3.63, 3.8) is 0 Å². The van der Waals surface area contributed by atoms with E-state index in [0.717, 1.165) is 5.56 Å². The van der Waals surface area contributed by atoms with Crippen molar-refractivity contribution >= 4 is 5.91 Å². The van der Waals surface area contributed by atoms with Crippen LogP contribution in [0.1, 0.15) is 21.5 Å². The van der Waals surface area contributed by atoms with Crippen LogP contribution < -0.4 is 0 Å². The summed E-state index contributed by atoms with van der Waals surface area (Å²) in [5, 5.41) is 8.72. The van der Waals surface area contributed by atoms with Crippen LogP contribution in [-0.2, 0) is 6.54 Å². The molecule has 0 saturated carbocycles. The van der Waals surface area contributed by atoms with E-state index in [1.165, 1.54) is 0 Å². The number of hydrogen-bond donors (Lipinski definition) is 0. The second kappa shape index (κ2) is 5.78. The first-order valence-corrected chi connectivity index (χ1v) is 5.85. The summed E-state index contributed by atoms with van der Waals surface area (Å²) in [5.74, 6) is -0.0756. The molecule has 4 heteroatoms. The number of carbonyl (C=O) groups excluding carboxylic acids is 1. The number of pyridine rings is 1. The van der Waals surface area contributed by atoms with Gasteiger partial charge < -0.3 is 4.90 Å². The maximum Gasteiger partial charge on any atom is 0.253 e. The van der Waals surface area contributed by atoms with E-state index < -0.39 is 0 Å². The minimum Gasteiger partial charge on any atom is -0.337 e. The Kier molecular flexibility index (Phi) is 3.89. The summed E-state index contributed by atoms with van der Waals surface area (Å²) >= 11 is 0. The van der Waals surface area contributed by atoms with Crippen molar-refractivity contribution in [3.05, 3.63) is 65.5 Å². The van der Waals surface area contributed by atoms with Crippen molar-refractivity contribution in [1.82, 2.24) is 9.88 Å². The van der Waals surface area contributed by atoms with Crippen molar-refractivity contribution in [1.29, 1.82) is 5.26 Å². The number of amides is 1. The third-order valence-electron chi connectivity index (χ3n) is 2.75. The third-order valence-corrected chi connectivity index (χ3v) is 2.75. The van der Waals surface area contributed by atoms with Gasteiger partial charge in [-0.05, 0) is 35.9 Å². The predicted octanol–water partition coefficient (Wildman–Crippen LogP) is 2.23. The van der Waals surface area contributed by atoms with Crippen molar-refractivity contribution < 1.29 is 4.79 Å². The number of nitrogens with zero attached hydrogens (tertiary/aromatic N) is 3. The van der Waals surface area contributed by atoms with Gasteiger partial charge in [-0.1, -0.05) is 6.07 Å². The summed E-state index contributed by atoms with van der Waals surface area (Å²) in [4.78, 5) is 17.8. The highest BCUT2D eigenvalue weighted by molar-refractivity contribution is 5.94. The first-order valence-electron chi connectivity index (χ1n) is 5.85. The molecule has 2 aromatic rings. The van der Waals surface area contributed by atoms with E-state index in [0.29, 0.717) is 17.7 Å². The Labute approximate surface area is 111 Å². The zero-order valence-electron chi connectivity index (χ0n) is 10.6. The molecule has 0 radical (unpaired) electrons. The van der Waals surface area contributed by atoms with Gasteiger partial charge >= 0.3 is 0 Å².